The Balaban J connectivity index is 1.18. The van der Waals surface area contributed by atoms with Crippen molar-refractivity contribution in [3.05, 3.63) is 65.5 Å². The van der Waals surface area contributed by atoms with Crippen LogP contribution in [0, 0.1) is 6.92 Å². The van der Waals surface area contributed by atoms with Crippen LogP contribution in [0.4, 0.5) is 0 Å². The van der Waals surface area contributed by atoms with Gasteiger partial charge in [-0.2, -0.15) is 0 Å². The number of rotatable bonds is 5. The van der Waals surface area contributed by atoms with Gasteiger partial charge in [0.25, 0.3) is 0 Å². The van der Waals surface area contributed by atoms with Gasteiger partial charge in [0.2, 0.25) is 5.91 Å². The summed E-state index contributed by atoms with van der Waals surface area (Å²) in [5, 5.41) is 4.19. The topological polar surface area (TPSA) is 54.5 Å². The van der Waals surface area contributed by atoms with E-state index in [-0.39, 0.29) is 5.91 Å². The summed E-state index contributed by atoms with van der Waals surface area (Å²) in [6.07, 6.45) is 1.67. The van der Waals surface area contributed by atoms with Crippen LogP contribution in [0.15, 0.2) is 58.5 Å². The molecule has 0 atom stereocenters. The molecule has 0 radical (unpaired) electrons. The predicted octanol–water partition coefficient (Wildman–Crippen LogP) is 4.01. The lowest BCUT2D eigenvalue weighted by Gasteiger charge is -2.34. The van der Waals surface area contributed by atoms with Crippen molar-refractivity contribution in [2.75, 3.05) is 26.2 Å². The first-order chi connectivity index (χ1) is 14.7. The Bertz CT molecular complexity index is 1150. The van der Waals surface area contributed by atoms with Crippen molar-refractivity contribution < 1.29 is 9.21 Å². The van der Waals surface area contributed by atoms with Crippen LogP contribution >= 0.6 is 11.3 Å². The van der Waals surface area contributed by atoms with Gasteiger partial charge in [-0.1, -0.05) is 18.2 Å². The van der Waals surface area contributed by atoms with Crippen LogP contribution in [-0.2, 0) is 17.9 Å². The first-order valence-electron chi connectivity index (χ1n) is 10.2. The fourth-order valence-electron chi connectivity index (χ4n) is 4.07. The van der Waals surface area contributed by atoms with Gasteiger partial charge < -0.3 is 13.9 Å². The van der Waals surface area contributed by atoms with Crippen LogP contribution in [0.5, 0.6) is 0 Å². The Morgan fingerprint density at radius 1 is 1.13 bits per heavy atom. The van der Waals surface area contributed by atoms with E-state index in [0.29, 0.717) is 6.54 Å². The highest BCUT2D eigenvalue weighted by Gasteiger charge is 2.23. The minimum atomic E-state index is 0.188. The maximum atomic E-state index is 12.9. The van der Waals surface area contributed by atoms with Crippen LogP contribution in [0.2, 0.25) is 0 Å². The normalized spacial score (nSPS) is 15.2. The molecule has 1 aromatic carbocycles. The van der Waals surface area contributed by atoms with E-state index in [4.69, 9.17) is 4.42 Å². The van der Waals surface area contributed by atoms with Gasteiger partial charge in [-0.15, -0.1) is 11.3 Å². The molecular formula is C23H24N4O2S. The van der Waals surface area contributed by atoms with Crippen molar-refractivity contribution in [2.24, 2.45) is 0 Å². The van der Waals surface area contributed by atoms with E-state index in [9.17, 15) is 4.79 Å². The molecular weight excluding hydrogens is 396 g/mol. The number of fused-ring (bicyclic) bond motifs is 1. The number of carbonyl (C=O) groups is 1. The largest absolute Gasteiger partial charge is 0.462 e. The van der Waals surface area contributed by atoms with Gasteiger partial charge in [0.1, 0.15) is 6.54 Å². The predicted molar refractivity (Wildman–Crippen MR) is 118 cm³/mol. The Morgan fingerprint density at radius 3 is 2.77 bits per heavy atom. The lowest BCUT2D eigenvalue weighted by atomic mass is 10.2. The summed E-state index contributed by atoms with van der Waals surface area (Å²) < 4.78 is 7.55. The van der Waals surface area contributed by atoms with Crippen molar-refractivity contribution in [3.8, 4) is 10.8 Å². The van der Waals surface area contributed by atoms with E-state index in [1.807, 2.05) is 29.2 Å². The highest BCUT2D eigenvalue weighted by molar-refractivity contribution is 7.13. The van der Waals surface area contributed by atoms with E-state index in [2.05, 4.69) is 45.0 Å². The molecule has 1 saturated heterocycles. The Labute approximate surface area is 179 Å². The first-order valence-corrected chi connectivity index (χ1v) is 11.1. The van der Waals surface area contributed by atoms with Gasteiger partial charge in [-0.25, -0.2) is 4.98 Å². The molecule has 4 heterocycles. The average molecular weight is 421 g/mol. The zero-order valence-electron chi connectivity index (χ0n) is 17.0. The molecule has 154 valence electrons. The number of hydrogen-bond donors (Lipinski definition) is 0. The van der Waals surface area contributed by atoms with Gasteiger partial charge in [-0.05, 0) is 36.6 Å². The number of benzene rings is 1. The average Bonchev–Trinajstić information content (AvgIpc) is 3.50. The number of hydrogen-bond acceptors (Lipinski definition) is 5. The van der Waals surface area contributed by atoms with Crippen LogP contribution in [0.1, 0.15) is 11.4 Å². The molecule has 0 spiro atoms. The molecule has 0 aliphatic carbocycles. The number of amides is 1. The zero-order chi connectivity index (χ0) is 20.5. The summed E-state index contributed by atoms with van der Waals surface area (Å²) in [4.78, 5) is 22.0. The van der Waals surface area contributed by atoms with Crippen molar-refractivity contribution in [1.82, 2.24) is 19.4 Å². The second kappa shape index (κ2) is 8.08. The minimum absolute atomic E-state index is 0.188. The van der Waals surface area contributed by atoms with Gasteiger partial charge in [0.05, 0.1) is 12.0 Å². The number of furan rings is 1. The molecule has 0 unspecified atom stereocenters. The molecule has 1 aliphatic heterocycles. The molecule has 3 aromatic heterocycles. The second-order valence-corrected chi connectivity index (χ2v) is 8.57. The van der Waals surface area contributed by atoms with Crippen LogP contribution < -0.4 is 0 Å². The lowest BCUT2D eigenvalue weighted by Crippen LogP contribution is -2.49. The monoisotopic (exact) mass is 420 g/mol. The molecule has 0 bridgehead atoms. The molecule has 0 N–H and O–H groups in total. The number of nitrogens with zero attached hydrogens (tertiary/aromatic N) is 4. The Kier molecular flexibility index (Phi) is 5.14. The SMILES string of the molecule is Cc1cc2ccccc2n1CC(=O)N1CCN(Cc2csc(-c3ccco3)n2)CC1. The van der Waals surface area contributed by atoms with E-state index >= 15 is 0 Å². The van der Waals surface area contributed by atoms with Crippen LogP contribution in [0.25, 0.3) is 21.7 Å². The maximum Gasteiger partial charge on any atom is 0.242 e. The lowest BCUT2D eigenvalue weighted by molar-refractivity contribution is -0.133. The van der Waals surface area contributed by atoms with E-state index in [1.165, 1.54) is 5.39 Å². The zero-order valence-corrected chi connectivity index (χ0v) is 17.8. The fraction of sp³-hybridized carbons (Fsp3) is 0.304. The van der Waals surface area contributed by atoms with Gasteiger partial charge in [0.15, 0.2) is 10.8 Å². The second-order valence-electron chi connectivity index (χ2n) is 7.71. The number of thiazole rings is 1. The van der Waals surface area contributed by atoms with Gasteiger partial charge in [-0.3, -0.25) is 9.69 Å². The van der Waals surface area contributed by atoms with Crippen molar-refractivity contribution >= 4 is 28.1 Å². The summed E-state index contributed by atoms with van der Waals surface area (Å²) in [6.45, 7) is 6.52. The van der Waals surface area contributed by atoms with Crippen molar-refractivity contribution in [3.63, 3.8) is 0 Å². The summed E-state index contributed by atoms with van der Waals surface area (Å²) in [6, 6.07) is 14.2. The number of aromatic nitrogens is 2. The van der Waals surface area contributed by atoms with Crippen molar-refractivity contribution in [2.45, 2.75) is 20.0 Å². The fourth-order valence-corrected chi connectivity index (χ4v) is 4.85. The summed E-state index contributed by atoms with van der Waals surface area (Å²) in [5.74, 6) is 1.00. The smallest absolute Gasteiger partial charge is 0.242 e. The third-order valence-electron chi connectivity index (χ3n) is 5.71. The summed E-state index contributed by atoms with van der Waals surface area (Å²) in [7, 11) is 0. The number of para-hydroxylation sites is 1. The molecule has 1 aliphatic rings. The van der Waals surface area contributed by atoms with E-state index < -0.39 is 0 Å². The van der Waals surface area contributed by atoms with Crippen molar-refractivity contribution in [1.29, 1.82) is 0 Å². The highest BCUT2D eigenvalue weighted by atomic mass is 32.1. The third-order valence-corrected chi connectivity index (χ3v) is 6.61. The minimum Gasteiger partial charge on any atom is -0.462 e. The summed E-state index contributed by atoms with van der Waals surface area (Å²) in [5.41, 5.74) is 3.30. The molecule has 1 fully saturated rings. The molecule has 30 heavy (non-hydrogen) atoms. The summed E-state index contributed by atoms with van der Waals surface area (Å²) >= 11 is 1.61. The molecule has 0 saturated carbocycles. The van der Waals surface area contributed by atoms with Gasteiger partial charge >= 0.3 is 0 Å². The molecule has 7 heteroatoms. The maximum absolute atomic E-state index is 12.9. The van der Waals surface area contributed by atoms with Gasteiger partial charge in [0, 0.05) is 49.3 Å². The molecule has 4 aromatic rings. The third kappa shape index (κ3) is 3.78. The Hall–Kier alpha value is -2.90. The number of aryl methyl sites for hydroxylation is 1. The van der Waals surface area contributed by atoms with Crippen LogP contribution in [0.3, 0.4) is 0 Å². The van der Waals surface area contributed by atoms with Crippen LogP contribution in [-0.4, -0.2) is 51.4 Å². The molecule has 1 amide bonds. The quantitative estimate of drug-likeness (QED) is 0.490. The first kappa shape index (κ1) is 19.1. The van der Waals surface area contributed by atoms with E-state index in [0.717, 1.165) is 60.4 Å². The molecule has 5 rings (SSSR count). The van der Waals surface area contributed by atoms with E-state index in [1.54, 1.807) is 17.6 Å². The highest BCUT2D eigenvalue weighted by Crippen LogP contribution is 2.25. The Morgan fingerprint density at radius 2 is 1.97 bits per heavy atom. The number of carbonyl (C=O) groups excluding carboxylic acids is 1. The number of piperazine rings is 1. The standard InChI is InChI=1S/C23H24N4O2S/c1-17-13-18-5-2-3-6-20(18)27(17)15-22(28)26-10-8-25(9-11-26)14-19-16-30-23(24-19)21-7-4-12-29-21/h2-7,12-13,16H,8-11,14-15H2,1H3. The molecule has 6 nitrogen and oxygen atoms in total.